The lowest BCUT2D eigenvalue weighted by atomic mass is 9.80. The second kappa shape index (κ2) is 5.54. The summed E-state index contributed by atoms with van der Waals surface area (Å²) in [5.74, 6) is 2.74. The Labute approximate surface area is 111 Å². The van der Waals surface area contributed by atoms with Gasteiger partial charge >= 0.3 is 0 Å². The average Bonchev–Trinajstić information content (AvgIpc) is 2.63. The Hall–Kier alpha value is -0.0300. The van der Waals surface area contributed by atoms with Crippen LogP contribution in [0.25, 0.3) is 0 Å². The number of hydrogen-bond donors (Lipinski definition) is 1. The maximum absolute atomic E-state index is 5.56. The highest BCUT2D eigenvalue weighted by Gasteiger charge is 2.24. The zero-order valence-electron chi connectivity index (χ0n) is 10.0. The summed E-state index contributed by atoms with van der Waals surface area (Å²) in [6.07, 6.45) is 4.02. The Balaban J connectivity index is 1.81. The Morgan fingerprint density at radius 1 is 1.38 bits per heavy atom. The molecule has 0 radical (unpaired) electrons. The largest absolute Gasteiger partial charge is 0.454 e. The van der Waals surface area contributed by atoms with E-state index in [1.54, 1.807) is 0 Å². The van der Waals surface area contributed by atoms with Crippen LogP contribution in [0.15, 0.2) is 16.5 Å². The van der Waals surface area contributed by atoms with Crippen molar-refractivity contribution in [2.24, 2.45) is 11.8 Å². The third kappa shape index (κ3) is 3.23. The Morgan fingerprint density at radius 2 is 2.19 bits per heavy atom. The van der Waals surface area contributed by atoms with Gasteiger partial charge in [0.1, 0.15) is 5.76 Å². The van der Waals surface area contributed by atoms with Gasteiger partial charge in [0.05, 0.1) is 6.54 Å². The van der Waals surface area contributed by atoms with Crippen LogP contribution in [0.5, 0.6) is 0 Å². The topological polar surface area (TPSA) is 25.2 Å². The fourth-order valence-electron chi connectivity index (χ4n) is 2.65. The highest BCUT2D eigenvalue weighted by Crippen LogP contribution is 2.28. The van der Waals surface area contributed by atoms with Crippen LogP contribution in [-0.2, 0) is 6.54 Å². The summed E-state index contributed by atoms with van der Waals surface area (Å²) in [7, 11) is 0. The van der Waals surface area contributed by atoms with Gasteiger partial charge in [0.15, 0.2) is 3.77 Å². The summed E-state index contributed by atoms with van der Waals surface area (Å²) in [4.78, 5) is 0. The van der Waals surface area contributed by atoms with E-state index < -0.39 is 0 Å². The second-order valence-electron chi connectivity index (χ2n) is 5.09. The maximum atomic E-state index is 5.56. The molecule has 0 aliphatic heterocycles. The van der Waals surface area contributed by atoms with E-state index in [-0.39, 0.29) is 0 Å². The van der Waals surface area contributed by atoms with Crippen molar-refractivity contribution in [1.29, 1.82) is 0 Å². The van der Waals surface area contributed by atoms with Crippen LogP contribution in [0.3, 0.4) is 0 Å². The maximum Gasteiger partial charge on any atom is 0.164 e. The molecule has 0 spiro atoms. The van der Waals surface area contributed by atoms with Crippen molar-refractivity contribution < 1.29 is 4.42 Å². The highest BCUT2D eigenvalue weighted by molar-refractivity contribution is 14.1. The molecule has 1 aliphatic rings. The molecule has 16 heavy (non-hydrogen) atoms. The molecule has 1 N–H and O–H groups in total. The van der Waals surface area contributed by atoms with Crippen molar-refractivity contribution in [2.45, 2.75) is 45.7 Å². The molecule has 2 rings (SSSR count). The van der Waals surface area contributed by atoms with Gasteiger partial charge in [-0.15, -0.1) is 0 Å². The smallest absolute Gasteiger partial charge is 0.164 e. The minimum absolute atomic E-state index is 0.666. The van der Waals surface area contributed by atoms with Crippen LogP contribution in [0, 0.1) is 15.6 Å². The zero-order chi connectivity index (χ0) is 11.5. The van der Waals surface area contributed by atoms with E-state index in [1.807, 2.05) is 6.07 Å². The molecule has 0 saturated heterocycles. The molecule has 1 aliphatic carbocycles. The molecule has 1 aromatic heterocycles. The number of furan rings is 1. The van der Waals surface area contributed by atoms with Crippen LogP contribution in [0.2, 0.25) is 0 Å². The monoisotopic (exact) mass is 333 g/mol. The van der Waals surface area contributed by atoms with Gasteiger partial charge in [-0.1, -0.05) is 13.8 Å². The van der Waals surface area contributed by atoms with E-state index in [4.69, 9.17) is 4.42 Å². The first-order valence-electron chi connectivity index (χ1n) is 6.12. The Kier molecular flexibility index (Phi) is 4.30. The second-order valence-corrected chi connectivity index (χ2v) is 6.15. The molecule has 0 amide bonds. The third-order valence-electron chi connectivity index (χ3n) is 3.60. The van der Waals surface area contributed by atoms with E-state index in [9.17, 15) is 0 Å². The standard InChI is InChI=1S/C13H20INO/c1-9-3-5-12(10(2)7-9)15-8-11-4-6-13(14)16-11/h4,6,9-10,12,15H,3,5,7-8H2,1-2H3. The first-order valence-corrected chi connectivity index (χ1v) is 7.20. The van der Waals surface area contributed by atoms with Gasteiger partial charge in [-0.05, 0) is 65.8 Å². The predicted octanol–water partition coefficient (Wildman–Crippen LogP) is 3.80. The van der Waals surface area contributed by atoms with Crippen molar-refractivity contribution >= 4 is 22.6 Å². The first-order chi connectivity index (χ1) is 7.65. The zero-order valence-corrected chi connectivity index (χ0v) is 12.2. The molecule has 3 heteroatoms. The summed E-state index contributed by atoms with van der Waals surface area (Å²) < 4.78 is 6.53. The summed E-state index contributed by atoms with van der Waals surface area (Å²) in [6.45, 7) is 5.59. The van der Waals surface area contributed by atoms with Crippen molar-refractivity contribution in [3.05, 3.63) is 21.7 Å². The molecule has 1 aromatic rings. The van der Waals surface area contributed by atoms with Gasteiger partial charge < -0.3 is 9.73 Å². The van der Waals surface area contributed by atoms with E-state index in [1.165, 1.54) is 19.3 Å². The average molecular weight is 333 g/mol. The Bertz CT molecular complexity index is 336. The summed E-state index contributed by atoms with van der Waals surface area (Å²) in [5, 5.41) is 3.62. The minimum Gasteiger partial charge on any atom is -0.454 e. The molecule has 1 heterocycles. The van der Waals surface area contributed by atoms with E-state index in [0.29, 0.717) is 6.04 Å². The number of nitrogens with one attached hydrogen (secondary N) is 1. The highest BCUT2D eigenvalue weighted by atomic mass is 127. The fourth-order valence-corrected chi connectivity index (χ4v) is 3.11. The molecular weight excluding hydrogens is 313 g/mol. The van der Waals surface area contributed by atoms with Gasteiger partial charge in [0, 0.05) is 6.04 Å². The van der Waals surface area contributed by atoms with Crippen LogP contribution >= 0.6 is 22.6 Å². The lowest BCUT2D eigenvalue weighted by molar-refractivity contribution is 0.223. The van der Waals surface area contributed by atoms with Gasteiger partial charge in [-0.25, -0.2) is 0 Å². The van der Waals surface area contributed by atoms with E-state index >= 15 is 0 Å². The SMILES string of the molecule is CC1CCC(NCc2ccc(I)o2)C(C)C1. The molecule has 1 fully saturated rings. The lowest BCUT2D eigenvalue weighted by Crippen LogP contribution is -2.38. The molecule has 3 unspecified atom stereocenters. The molecule has 0 aromatic carbocycles. The van der Waals surface area contributed by atoms with Crippen molar-refractivity contribution in [1.82, 2.24) is 5.32 Å². The summed E-state index contributed by atoms with van der Waals surface area (Å²) in [5.41, 5.74) is 0. The predicted molar refractivity (Wildman–Crippen MR) is 74.2 cm³/mol. The number of halogens is 1. The summed E-state index contributed by atoms with van der Waals surface area (Å²) in [6, 6.07) is 4.74. The molecular formula is C13H20INO. The lowest BCUT2D eigenvalue weighted by Gasteiger charge is -2.33. The van der Waals surface area contributed by atoms with E-state index in [0.717, 1.165) is 27.9 Å². The molecule has 0 bridgehead atoms. The first kappa shape index (κ1) is 12.4. The molecule has 2 nitrogen and oxygen atoms in total. The van der Waals surface area contributed by atoms with E-state index in [2.05, 4.69) is 47.8 Å². The van der Waals surface area contributed by atoms with Gasteiger partial charge in [0.2, 0.25) is 0 Å². The van der Waals surface area contributed by atoms with Gasteiger partial charge in [-0.2, -0.15) is 0 Å². The quantitative estimate of drug-likeness (QED) is 0.852. The van der Waals surface area contributed by atoms with Crippen LogP contribution in [0.4, 0.5) is 0 Å². The molecule has 3 atom stereocenters. The van der Waals surface area contributed by atoms with Crippen LogP contribution in [-0.4, -0.2) is 6.04 Å². The number of hydrogen-bond acceptors (Lipinski definition) is 2. The number of rotatable bonds is 3. The van der Waals surface area contributed by atoms with Crippen LogP contribution < -0.4 is 5.32 Å². The van der Waals surface area contributed by atoms with Crippen molar-refractivity contribution in [3.63, 3.8) is 0 Å². The third-order valence-corrected chi connectivity index (χ3v) is 4.18. The minimum atomic E-state index is 0.666. The van der Waals surface area contributed by atoms with Crippen LogP contribution in [0.1, 0.15) is 38.9 Å². The fraction of sp³-hybridized carbons (Fsp3) is 0.692. The Morgan fingerprint density at radius 3 is 2.81 bits per heavy atom. The molecule has 1 saturated carbocycles. The molecule has 90 valence electrons. The van der Waals surface area contributed by atoms with Crippen molar-refractivity contribution in [3.8, 4) is 0 Å². The van der Waals surface area contributed by atoms with Crippen molar-refractivity contribution in [2.75, 3.05) is 0 Å². The van der Waals surface area contributed by atoms with Gasteiger partial charge in [0.25, 0.3) is 0 Å². The normalized spacial score (nSPS) is 30.6. The summed E-state index contributed by atoms with van der Waals surface area (Å²) >= 11 is 2.21. The van der Waals surface area contributed by atoms with Gasteiger partial charge in [-0.3, -0.25) is 0 Å².